The summed E-state index contributed by atoms with van der Waals surface area (Å²) in [4.78, 5) is 28.3. The summed E-state index contributed by atoms with van der Waals surface area (Å²) in [5.74, 6) is -0.177. The van der Waals surface area contributed by atoms with Crippen molar-refractivity contribution in [2.24, 2.45) is 5.73 Å². The molecule has 0 atom stereocenters. The number of rotatable bonds is 6. The lowest BCUT2D eigenvalue weighted by Crippen LogP contribution is -2.43. The monoisotopic (exact) mass is 458 g/mol. The van der Waals surface area contributed by atoms with Gasteiger partial charge in [0.1, 0.15) is 0 Å². The summed E-state index contributed by atoms with van der Waals surface area (Å²) in [7, 11) is 0. The van der Waals surface area contributed by atoms with Crippen molar-refractivity contribution in [3.63, 3.8) is 0 Å². The number of anilines is 1. The van der Waals surface area contributed by atoms with Crippen LogP contribution in [0.5, 0.6) is 0 Å². The van der Waals surface area contributed by atoms with Crippen molar-refractivity contribution in [3.8, 4) is 6.07 Å². The molecule has 33 heavy (non-hydrogen) atoms. The summed E-state index contributed by atoms with van der Waals surface area (Å²) in [6.07, 6.45) is 3.54. The molecule has 168 valence electrons. The second-order valence-corrected chi connectivity index (χ2v) is 9.27. The summed E-state index contributed by atoms with van der Waals surface area (Å²) in [5.41, 5.74) is 8.90. The first-order valence-corrected chi connectivity index (χ1v) is 11.9. The highest BCUT2D eigenvalue weighted by Crippen LogP contribution is 2.26. The first kappa shape index (κ1) is 22.7. The first-order chi connectivity index (χ1) is 16.0. The Morgan fingerprint density at radius 2 is 1.73 bits per heavy atom. The summed E-state index contributed by atoms with van der Waals surface area (Å²) in [6.45, 7) is 0.470. The number of amides is 2. The van der Waals surface area contributed by atoms with Gasteiger partial charge in [0.15, 0.2) is 0 Å². The number of carbonyl (C=O) groups is 2. The van der Waals surface area contributed by atoms with E-state index in [0.717, 1.165) is 31.2 Å². The zero-order valence-electron chi connectivity index (χ0n) is 18.2. The number of nitrogens with one attached hydrogen (secondary N) is 1. The maximum atomic E-state index is 13.4. The number of benzene rings is 2. The number of thiophene rings is 1. The van der Waals surface area contributed by atoms with Gasteiger partial charge in [-0.2, -0.15) is 5.26 Å². The van der Waals surface area contributed by atoms with Crippen molar-refractivity contribution in [1.82, 2.24) is 4.90 Å². The molecule has 1 fully saturated rings. The SMILES string of the molecule is N#Cc1ccc(C(=O)N(Cc2ccc(NC(=O)c3cccs3)cc2)C2CCC(N)CC2)cc1. The van der Waals surface area contributed by atoms with E-state index in [1.165, 1.54) is 11.3 Å². The van der Waals surface area contributed by atoms with Crippen LogP contribution in [0.2, 0.25) is 0 Å². The van der Waals surface area contributed by atoms with Crippen molar-refractivity contribution in [3.05, 3.63) is 87.6 Å². The molecular weight excluding hydrogens is 432 g/mol. The molecule has 0 saturated heterocycles. The maximum absolute atomic E-state index is 13.4. The standard InChI is InChI=1S/C26H26N4O2S/c27-16-18-3-7-20(8-4-18)26(32)30(23-13-9-21(28)10-14-23)17-19-5-11-22(12-6-19)29-25(31)24-2-1-15-33-24/h1-8,11-12,15,21,23H,9-10,13-14,17,28H2,(H,29,31). The Hall–Kier alpha value is -3.47. The van der Waals surface area contributed by atoms with E-state index in [9.17, 15) is 9.59 Å². The zero-order chi connectivity index (χ0) is 23.2. The van der Waals surface area contributed by atoms with Gasteiger partial charge >= 0.3 is 0 Å². The second kappa shape index (κ2) is 10.4. The van der Waals surface area contributed by atoms with Crippen LogP contribution >= 0.6 is 11.3 Å². The van der Waals surface area contributed by atoms with Crippen LogP contribution in [-0.2, 0) is 6.54 Å². The predicted octanol–water partition coefficient (Wildman–Crippen LogP) is 4.78. The fraction of sp³-hybridized carbons (Fsp3) is 0.269. The lowest BCUT2D eigenvalue weighted by molar-refractivity contribution is 0.0606. The molecule has 0 spiro atoms. The third kappa shape index (κ3) is 5.67. The smallest absolute Gasteiger partial charge is 0.265 e. The predicted molar refractivity (Wildman–Crippen MR) is 130 cm³/mol. The van der Waals surface area contributed by atoms with E-state index in [0.29, 0.717) is 28.2 Å². The quantitative estimate of drug-likeness (QED) is 0.555. The first-order valence-electron chi connectivity index (χ1n) is 11.0. The lowest BCUT2D eigenvalue weighted by Gasteiger charge is -2.36. The van der Waals surface area contributed by atoms with E-state index in [1.807, 2.05) is 40.6 Å². The molecule has 1 aliphatic rings. The molecule has 1 heterocycles. The molecule has 3 N–H and O–H groups in total. The van der Waals surface area contributed by atoms with Crippen molar-refractivity contribution in [1.29, 1.82) is 5.26 Å². The molecule has 2 aromatic carbocycles. The number of hydrogen-bond acceptors (Lipinski definition) is 5. The van der Waals surface area contributed by atoms with Gasteiger partial charge in [-0.15, -0.1) is 11.3 Å². The molecule has 0 bridgehead atoms. The molecule has 6 nitrogen and oxygen atoms in total. The molecule has 3 aromatic rings. The molecule has 1 aliphatic carbocycles. The van der Waals surface area contributed by atoms with E-state index < -0.39 is 0 Å². The van der Waals surface area contributed by atoms with Crippen molar-refractivity contribution in [2.45, 2.75) is 44.3 Å². The molecule has 2 amide bonds. The minimum atomic E-state index is -0.131. The van der Waals surface area contributed by atoms with Crippen LogP contribution in [0.4, 0.5) is 5.69 Å². The molecule has 7 heteroatoms. The molecule has 0 aliphatic heterocycles. The van der Waals surface area contributed by atoms with Gasteiger partial charge in [-0.1, -0.05) is 18.2 Å². The highest BCUT2D eigenvalue weighted by molar-refractivity contribution is 7.12. The van der Waals surface area contributed by atoms with Crippen LogP contribution in [-0.4, -0.2) is 28.8 Å². The van der Waals surface area contributed by atoms with E-state index in [-0.39, 0.29) is 23.9 Å². The Morgan fingerprint density at radius 1 is 1.03 bits per heavy atom. The van der Waals surface area contributed by atoms with E-state index in [2.05, 4.69) is 11.4 Å². The van der Waals surface area contributed by atoms with Gasteiger partial charge in [-0.3, -0.25) is 9.59 Å². The summed E-state index contributed by atoms with van der Waals surface area (Å²) >= 11 is 1.40. The highest BCUT2D eigenvalue weighted by atomic mass is 32.1. The third-order valence-corrected chi connectivity index (χ3v) is 6.88. The van der Waals surface area contributed by atoms with Gasteiger partial charge in [0, 0.05) is 29.9 Å². The van der Waals surface area contributed by atoms with Gasteiger partial charge in [-0.05, 0) is 79.1 Å². The number of hydrogen-bond donors (Lipinski definition) is 2. The fourth-order valence-corrected chi connectivity index (χ4v) is 4.74. The maximum Gasteiger partial charge on any atom is 0.265 e. The second-order valence-electron chi connectivity index (χ2n) is 8.32. The Bertz CT molecular complexity index is 1130. The van der Waals surface area contributed by atoms with E-state index >= 15 is 0 Å². The van der Waals surface area contributed by atoms with E-state index in [1.54, 1.807) is 30.3 Å². The Labute approximate surface area is 197 Å². The topological polar surface area (TPSA) is 99.2 Å². The van der Waals surface area contributed by atoms with Crippen LogP contribution < -0.4 is 11.1 Å². The Morgan fingerprint density at radius 3 is 2.33 bits per heavy atom. The van der Waals surface area contributed by atoms with Crippen LogP contribution in [0.25, 0.3) is 0 Å². The minimum absolute atomic E-state index is 0.0463. The van der Waals surface area contributed by atoms with Crippen LogP contribution in [0.15, 0.2) is 66.0 Å². The van der Waals surface area contributed by atoms with E-state index in [4.69, 9.17) is 11.0 Å². The van der Waals surface area contributed by atoms with Crippen LogP contribution in [0.1, 0.15) is 56.8 Å². The molecule has 4 rings (SSSR count). The number of nitriles is 1. The van der Waals surface area contributed by atoms with Crippen molar-refractivity contribution in [2.75, 3.05) is 5.32 Å². The molecule has 0 unspecified atom stereocenters. The van der Waals surface area contributed by atoms with Gasteiger partial charge in [-0.25, -0.2) is 0 Å². The van der Waals surface area contributed by atoms with Crippen molar-refractivity contribution < 1.29 is 9.59 Å². The summed E-state index contributed by atoms with van der Waals surface area (Å²) < 4.78 is 0. The number of nitrogens with zero attached hydrogens (tertiary/aromatic N) is 2. The average Bonchev–Trinajstić information content (AvgIpc) is 3.39. The zero-order valence-corrected chi connectivity index (χ0v) is 19.1. The normalized spacial score (nSPS) is 17.7. The molecule has 1 aromatic heterocycles. The van der Waals surface area contributed by atoms with Gasteiger partial charge in [0.25, 0.3) is 11.8 Å². The average molecular weight is 459 g/mol. The molecule has 0 radical (unpaired) electrons. The number of carbonyl (C=O) groups excluding carboxylic acids is 2. The van der Waals surface area contributed by atoms with Gasteiger partial charge in [0.05, 0.1) is 16.5 Å². The molecule has 1 saturated carbocycles. The largest absolute Gasteiger partial charge is 0.331 e. The van der Waals surface area contributed by atoms with Crippen molar-refractivity contribution >= 4 is 28.8 Å². The fourth-order valence-electron chi connectivity index (χ4n) is 4.12. The minimum Gasteiger partial charge on any atom is -0.331 e. The third-order valence-electron chi connectivity index (χ3n) is 6.01. The summed E-state index contributed by atoms with van der Waals surface area (Å²) in [5, 5.41) is 13.8. The lowest BCUT2D eigenvalue weighted by atomic mass is 9.90. The molecular formula is C26H26N4O2S. The van der Waals surface area contributed by atoms with Crippen LogP contribution in [0.3, 0.4) is 0 Å². The van der Waals surface area contributed by atoms with Gasteiger partial charge in [0.2, 0.25) is 0 Å². The number of nitrogens with two attached hydrogens (primary N) is 1. The highest BCUT2D eigenvalue weighted by Gasteiger charge is 2.28. The summed E-state index contributed by atoms with van der Waals surface area (Å²) in [6, 6.07) is 20.4. The van der Waals surface area contributed by atoms with Crippen LogP contribution in [0, 0.1) is 11.3 Å². The Kier molecular flexibility index (Phi) is 7.18. The van der Waals surface area contributed by atoms with Gasteiger partial charge < -0.3 is 16.0 Å². The Balaban J connectivity index is 1.50.